The van der Waals surface area contributed by atoms with E-state index in [1.54, 1.807) is 6.08 Å². The van der Waals surface area contributed by atoms with Gasteiger partial charge in [0.2, 0.25) is 0 Å². The van der Waals surface area contributed by atoms with Crippen molar-refractivity contribution in [1.82, 2.24) is 4.90 Å². The minimum absolute atomic E-state index is 0.247. The van der Waals surface area contributed by atoms with Crippen LogP contribution in [0.15, 0.2) is 56.3 Å². The molecule has 0 aromatic heterocycles. The van der Waals surface area contributed by atoms with E-state index >= 15 is 0 Å². The molecule has 0 radical (unpaired) electrons. The molecule has 1 aliphatic heterocycles. The molecule has 4 nitrogen and oxygen atoms in total. The summed E-state index contributed by atoms with van der Waals surface area (Å²) in [6.07, 6.45) is 2.66. The van der Waals surface area contributed by atoms with E-state index < -0.39 is 0 Å². The fourth-order valence-electron chi connectivity index (χ4n) is 2.52. The summed E-state index contributed by atoms with van der Waals surface area (Å²) in [7, 11) is 0. The van der Waals surface area contributed by atoms with E-state index in [2.05, 4.69) is 31.9 Å². The van der Waals surface area contributed by atoms with Gasteiger partial charge >= 0.3 is 0 Å². The Morgan fingerprint density at radius 3 is 2.59 bits per heavy atom. The average molecular weight is 511 g/mol. The fourth-order valence-corrected chi connectivity index (χ4v) is 4.28. The number of carbonyl (C=O) groups is 2. The highest BCUT2D eigenvalue weighted by Gasteiger charge is 2.35. The van der Waals surface area contributed by atoms with Crippen molar-refractivity contribution < 1.29 is 14.3 Å². The summed E-state index contributed by atoms with van der Waals surface area (Å²) in [5.41, 5.74) is 1.72. The number of hydrogen-bond donors (Lipinski definition) is 0. The first-order valence-corrected chi connectivity index (χ1v) is 10.8. The molecule has 3 rings (SSSR count). The second-order valence-corrected chi connectivity index (χ2v) is 8.60. The Hall–Kier alpha value is -1.57. The quantitative estimate of drug-likeness (QED) is 0.431. The van der Waals surface area contributed by atoms with Crippen LogP contribution in [0.5, 0.6) is 5.75 Å². The summed E-state index contributed by atoms with van der Waals surface area (Å²) in [6.45, 7) is 2.94. The van der Waals surface area contributed by atoms with Gasteiger partial charge in [0, 0.05) is 4.47 Å². The minimum atomic E-state index is -0.275. The maximum atomic E-state index is 12.7. The van der Waals surface area contributed by atoms with Crippen LogP contribution in [-0.4, -0.2) is 22.7 Å². The predicted octanol–water partition coefficient (Wildman–Crippen LogP) is 6.24. The molecule has 0 bridgehead atoms. The van der Waals surface area contributed by atoms with E-state index in [1.807, 2.05) is 49.4 Å². The molecule has 0 spiro atoms. The van der Waals surface area contributed by atoms with Gasteiger partial charge < -0.3 is 4.74 Å². The van der Waals surface area contributed by atoms with Crippen LogP contribution < -0.4 is 4.74 Å². The SMILES string of the molecule is CCCOc1ccc(/C=C2\SC(=O)N(Cc3ccccc3Br)C2=O)cc1Br. The zero-order valence-electron chi connectivity index (χ0n) is 14.6. The predicted molar refractivity (Wildman–Crippen MR) is 116 cm³/mol. The third kappa shape index (κ3) is 4.83. The first-order valence-electron chi connectivity index (χ1n) is 8.40. The number of amides is 2. The molecule has 2 aromatic carbocycles. The summed E-state index contributed by atoms with van der Waals surface area (Å²) >= 11 is 7.91. The lowest BCUT2D eigenvalue weighted by atomic mass is 10.2. The van der Waals surface area contributed by atoms with Gasteiger partial charge in [-0.15, -0.1) is 0 Å². The number of rotatable bonds is 6. The normalized spacial score (nSPS) is 15.7. The number of thioether (sulfide) groups is 1. The molecule has 0 N–H and O–H groups in total. The molecule has 0 unspecified atom stereocenters. The van der Waals surface area contributed by atoms with E-state index in [0.29, 0.717) is 11.5 Å². The summed E-state index contributed by atoms with van der Waals surface area (Å²) in [5, 5.41) is -0.260. The van der Waals surface area contributed by atoms with Crippen molar-refractivity contribution in [3.05, 3.63) is 67.4 Å². The van der Waals surface area contributed by atoms with Crippen LogP contribution in [0.3, 0.4) is 0 Å². The third-order valence-corrected chi connectivity index (χ3v) is 6.18. The lowest BCUT2D eigenvalue weighted by Crippen LogP contribution is -2.27. The monoisotopic (exact) mass is 509 g/mol. The van der Waals surface area contributed by atoms with Crippen molar-refractivity contribution >= 4 is 60.8 Å². The van der Waals surface area contributed by atoms with Gasteiger partial charge in [0.1, 0.15) is 5.75 Å². The molecule has 7 heteroatoms. The Morgan fingerprint density at radius 2 is 1.89 bits per heavy atom. The van der Waals surface area contributed by atoms with Gasteiger partial charge in [0.25, 0.3) is 11.1 Å². The summed E-state index contributed by atoms with van der Waals surface area (Å²) < 4.78 is 7.33. The van der Waals surface area contributed by atoms with E-state index in [1.165, 1.54) is 4.90 Å². The molecule has 140 valence electrons. The zero-order chi connectivity index (χ0) is 19.4. The Balaban J connectivity index is 1.78. The summed E-state index contributed by atoms with van der Waals surface area (Å²) in [6, 6.07) is 13.2. The van der Waals surface area contributed by atoms with Gasteiger partial charge in [0.05, 0.1) is 22.5 Å². The van der Waals surface area contributed by atoms with Crippen LogP contribution in [0.1, 0.15) is 24.5 Å². The number of halogens is 2. The van der Waals surface area contributed by atoms with E-state index in [4.69, 9.17) is 4.74 Å². The first-order chi connectivity index (χ1) is 13.0. The van der Waals surface area contributed by atoms with Crippen molar-refractivity contribution in [2.24, 2.45) is 0 Å². The average Bonchev–Trinajstić information content (AvgIpc) is 2.90. The van der Waals surface area contributed by atoms with Crippen molar-refractivity contribution in [3.8, 4) is 5.75 Å². The van der Waals surface area contributed by atoms with Crippen LogP contribution in [-0.2, 0) is 11.3 Å². The van der Waals surface area contributed by atoms with Crippen LogP contribution in [0, 0.1) is 0 Å². The van der Waals surface area contributed by atoms with Crippen LogP contribution in [0.25, 0.3) is 6.08 Å². The maximum Gasteiger partial charge on any atom is 0.293 e. The van der Waals surface area contributed by atoms with Crippen molar-refractivity contribution in [2.45, 2.75) is 19.9 Å². The van der Waals surface area contributed by atoms with E-state index in [-0.39, 0.29) is 17.7 Å². The third-order valence-electron chi connectivity index (χ3n) is 3.88. The molecule has 0 atom stereocenters. The Morgan fingerprint density at radius 1 is 1.11 bits per heavy atom. The molecule has 1 fully saturated rings. The number of nitrogens with zero attached hydrogens (tertiary/aromatic N) is 1. The minimum Gasteiger partial charge on any atom is -0.492 e. The van der Waals surface area contributed by atoms with Gasteiger partial charge in [0.15, 0.2) is 0 Å². The van der Waals surface area contributed by atoms with Crippen molar-refractivity contribution in [1.29, 1.82) is 0 Å². The molecule has 0 aliphatic carbocycles. The number of carbonyl (C=O) groups excluding carboxylic acids is 2. The van der Waals surface area contributed by atoms with Crippen LogP contribution in [0.2, 0.25) is 0 Å². The van der Waals surface area contributed by atoms with E-state index in [0.717, 1.165) is 44.0 Å². The Kier molecular flexibility index (Phi) is 6.78. The topological polar surface area (TPSA) is 46.6 Å². The molecule has 2 aromatic rings. The second kappa shape index (κ2) is 9.08. The molecule has 0 saturated carbocycles. The Labute approximate surface area is 179 Å². The Bertz CT molecular complexity index is 914. The van der Waals surface area contributed by atoms with Crippen LogP contribution in [0.4, 0.5) is 4.79 Å². The molecule has 27 heavy (non-hydrogen) atoms. The van der Waals surface area contributed by atoms with Crippen molar-refractivity contribution in [2.75, 3.05) is 6.61 Å². The number of ether oxygens (including phenoxy) is 1. The zero-order valence-corrected chi connectivity index (χ0v) is 18.6. The van der Waals surface area contributed by atoms with E-state index in [9.17, 15) is 9.59 Å². The molecule has 1 aliphatic rings. The van der Waals surface area contributed by atoms with Gasteiger partial charge in [-0.1, -0.05) is 47.1 Å². The van der Waals surface area contributed by atoms with Crippen molar-refractivity contribution in [3.63, 3.8) is 0 Å². The smallest absolute Gasteiger partial charge is 0.293 e. The van der Waals surface area contributed by atoms with Gasteiger partial charge in [-0.3, -0.25) is 14.5 Å². The van der Waals surface area contributed by atoms with Gasteiger partial charge in [-0.05, 0) is 69.5 Å². The molecular weight excluding hydrogens is 494 g/mol. The molecule has 1 heterocycles. The summed E-state index contributed by atoms with van der Waals surface area (Å²) in [5.74, 6) is 0.485. The standard InChI is InChI=1S/C20H17Br2NO3S/c1-2-9-26-17-8-7-13(10-16(17)22)11-18-19(24)23(20(25)27-18)12-14-5-3-4-6-15(14)21/h3-8,10-11H,2,9,12H2,1H3/b18-11-. The largest absolute Gasteiger partial charge is 0.492 e. The highest BCUT2D eigenvalue weighted by Crippen LogP contribution is 2.35. The van der Waals surface area contributed by atoms with Gasteiger partial charge in [-0.2, -0.15) is 0 Å². The molecule has 1 saturated heterocycles. The maximum absolute atomic E-state index is 12.7. The van der Waals surface area contributed by atoms with Crippen LogP contribution >= 0.6 is 43.6 Å². The molecular formula is C20H17Br2NO3S. The first kappa shape index (κ1) is 20.2. The highest BCUT2D eigenvalue weighted by atomic mass is 79.9. The summed E-state index contributed by atoms with van der Waals surface area (Å²) in [4.78, 5) is 26.7. The fraction of sp³-hybridized carbons (Fsp3) is 0.200. The number of imide groups is 1. The highest BCUT2D eigenvalue weighted by molar-refractivity contribution is 9.10. The molecule has 2 amide bonds. The lowest BCUT2D eigenvalue weighted by Gasteiger charge is -2.13. The number of benzene rings is 2. The number of hydrogen-bond acceptors (Lipinski definition) is 4. The second-order valence-electron chi connectivity index (χ2n) is 5.90. The van der Waals surface area contributed by atoms with Gasteiger partial charge in [-0.25, -0.2) is 0 Å². The lowest BCUT2D eigenvalue weighted by molar-refractivity contribution is -0.123.